The smallest absolute Gasteiger partial charge is 0.320 e. The Hall–Kier alpha value is -3.53. The molecule has 1 aliphatic heterocycles. The van der Waals surface area contributed by atoms with Gasteiger partial charge in [0, 0.05) is 49.9 Å². The van der Waals surface area contributed by atoms with Gasteiger partial charge in [0.15, 0.2) is 11.4 Å². The molecule has 0 atom stereocenters. The maximum Gasteiger partial charge on any atom is 0.320 e. The predicted octanol–water partition coefficient (Wildman–Crippen LogP) is 2.55. The van der Waals surface area contributed by atoms with Crippen molar-refractivity contribution < 1.29 is 9.52 Å². The summed E-state index contributed by atoms with van der Waals surface area (Å²) in [5, 5.41) is 16.5. The number of Topliss-reactive ketones (excluding diaryl/α,β-unsaturated/α-hetero) is 1. The second-order valence-electron chi connectivity index (χ2n) is 9.61. The number of anilines is 3. The van der Waals surface area contributed by atoms with Crippen LogP contribution in [0.4, 0.5) is 17.5 Å². The monoisotopic (exact) mass is 477 g/mol. The van der Waals surface area contributed by atoms with E-state index in [-0.39, 0.29) is 28.9 Å². The van der Waals surface area contributed by atoms with Crippen molar-refractivity contribution in [2.24, 2.45) is 0 Å². The van der Waals surface area contributed by atoms with E-state index < -0.39 is 0 Å². The second kappa shape index (κ2) is 9.26. The molecule has 1 saturated carbocycles. The van der Waals surface area contributed by atoms with Crippen LogP contribution in [0.3, 0.4) is 0 Å². The van der Waals surface area contributed by atoms with Gasteiger partial charge in [-0.25, -0.2) is 10.0 Å². The number of fused-ring (bicyclic) bond motifs is 1. The van der Waals surface area contributed by atoms with Gasteiger partial charge in [-0.3, -0.25) is 14.2 Å². The van der Waals surface area contributed by atoms with Crippen LogP contribution in [0, 0.1) is 12.1 Å². The summed E-state index contributed by atoms with van der Waals surface area (Å²) in [6.45, 7) is 6.84. The van der Waals surface area contributed by atoms with Gasteiger partial charge in [0.1, 0.15) is 6.20 Å². The molecule has 0 unspecified atom stereocenters. The van der Waals surface area contributed by atoms with Crippen LogP contribution in [0.1, 0.15) is 54.6 Å². The van der Waals surface area contributed by atoms with Crippen LogP contribution >= 0.6 is 0 Å². The molecule has 2 aliphatic rings. The van der Waals surface area contributed by atoms with E-state index in [1.54, 1.807) is 30.0 Å². The lowest BCUT2D eigenvalue weighted by atomic mass is 10.0. The SMILES string of the molecule is CC(=O)c1c(C)c2cnc(Nc3ccc(N4CCN(C)CC4)c[n+]3[O-])nc2n(C2CCCC2)c1=O. The van der Waals surface area contributed by atoms with Crippen LogP contribution in [0.25, 0.3) is 11.0 Å². The van der Waals surface area contributed by atoms with Crippen molar-refractivity contribution in [3.63, 3.8) is 0 Å². The lowest BCUT2D eigenvalue weighted by Crippen LogP contribution is -2.45. The maximum atomic E-state index is 13.4. The fourth-order valence-electron chi connectivity index (χ4n) is 5.24. The Morgan fingerprint density at radius 2 is 1.89 bits per heavy atom. The fourth-order valence-corrected chi connectivity index (χ4v) is 5.24. The summed E-state index contributed by atoms with van der Waals surface area (Å²) in [5.74, 6) is 0.279. The molecular formula is C25H31N7O3. The average Bonchev–Trinajstić information content (AvgIpc) is 3.35. The van der Waals surface area contributed by atoms with Gasteiger partial charge in [0.05, 0.1) is 11.3 Å². The fraction of sp³-hybridized carbons (Fsp3) is 0.480. The van der Waals surface area contributed by atoms with E-state index in [0.29, 0.717) is 22.4 Å². The Kier molecular flexibility index (Phi) is 6.14. The molecule has 0 aromatic carbocycles. The Morgan fingerprint density at radius 1 is 1.17 bits per heavy atom. The van der Waals surface area contributed by atoms with Crippen LogP contribution in [0.5, 0.6) is 0 Å². The van der Waals surface area contributed by atoms with Gasteiger partial charge in [0.2, 0.25) is 0 Å². The number of carbonyl (C=O) groups excluding carboxylic acids is 1. The van der Waals surface area contributed by atoms with Crippen molar-refractivity contribution in [1.82, 2.24) is 19.4 Å². The molecule has 5 rings (SSSR count). The zero-order valence-corrected chi connectivity index (χ0v) is 20.5. The van der Waals surface area contributed by atoms with Gasteiger partial charge >= 0.3 is 5.95 Å². The highest BCUT2D eigenvalue weighted by Gasteiger charge is 2.26. The quantitative estimate of drug-likeness (QED) is 0.339. The van der Waals surface area contributed by atoms with Crippen molar-refractivity contribution >= 4 is 34.3 Å². The van der Waals surface area contributed by atoms with Crippen molar-refractivity contribution in [3.05, 3.63) is 51.2 Å². The van der Waals surface area contributed by atoms with E-state index in [9.17, 15) is 14.8 Å². The van der Waals surface area contributed by atoms with Crippen LogP contribution in [-0.4, -0.2) is 58.4 Å². The van der Waals surface area contributed by atoms with Crippen molar-refractivity contribution in [1.29, 1.82) is 0 Å². The second-order valence-corrected chi connectivity index (χ2v) is 9.61. The van der Waals surface area contributed by atoms with E-state index in [1.165, 1.54) is 6.92 Å². The molecule has 1 aliphatic carbocycles. The first kappa shape index (κ1) is 23.2. The van der Waals surface area contributed by atoms with E-state index in [2.05, 4.69) is 32.1 Å². The lowest BCUT2D eigenvalue weighted by Gasteiger charge is -2.33. The molecule has 10 heteroatoms. The first-order chi connectivity index (χ1) is 16.8. The minimum Gasteiger partial charge on any atom is -0.711 e. The standard InChI is InChI=1S/C25H31N7O3/c1-16-20-14-26-25(27-21-9-8-19(15-31(21)35)30-12-10-29(3)11-13-30)28-23(20)32(18-6-4-5-7-18)24(34)22(16)17(2)33/h8-9,14-15,18H,4-7,10-13H2,1-3H3,(H,26,27,28). The number of aryl methyl sites for hydroxylation is 1. The summed E-state index contributed by atoms with van der Waals surface area (Å²) in [4.78, 5) is 39.2. The normalized spacial score (nSPS) is 17.3. The van der Waals surface area contributed by atoms with Gasteiger partial charge in [-0.2, -0.15) is 9.97 Å². The number of nitrogens with one attached hydrogen (secondary N) is 1. The highest BCUT2D eigenvalue weighted by Crippen LogP contribution is 2.32. The summed E-state index contributed by atoms with van der Waals surface area (Å²) < 4.78 is 2.45. The molecule has 2 fully saturated rings. The zero-order valence-electron chi connectivity index (χ0n) is 20.5. The van der Waals surface area contributed by atoms with Gasteiger partial charge in [-0.15, -0.1) is 0 Å². The summed E-state index contributed by atoms with van der Waals surface area (Å²) in [5.41, 5.74) is 1.86. The Morgan fingerprint density at radius 3 is 2.54 bits per heavy atom. The first-order valence-corrected chi connectivity index (χ1v) is 12.2. The largest absolute Gasteiger partial charge is 0.711 e. The number of likely N-dealkylation sites (N-methyl/N-ethyl adjacent to an activating group) is 1. The third-order valence-electron chi connectivity index (χ3n) is 7.26. The minimum atomic E-state index is -0.297. The molecule has 0 bridgehead atoms. The summed E-state index contributed by atoms with van der Waals surface area (Å²) >= 11 is 0. The van der Waals surface area contributed by atoms with Crippen molar-refractivity contribution in [3.8, 4) is 0 Å². The topological polar surface area (TPSA) is 110 Å². The number of hydrogen-bond donors (Lipinski definition) is 1. The molecule has 3 aromatic heterocycles. The highest BCUT2D eigenvalue weighted by atomic mass is 16.5. The van der Waals surface area contributed by atoms with E-state index in [1.807, 2.05) is 6.07 Å². The van der Waals surface area contributed by atoms with Gasteiger partial charge in [-0.05, 0) is 45.4 Å². The van der Waals surface area contributed by atoms with Crippen molar-refractivity contribution in [2.75, 3.05) is 43.4 Å². The molecule has 35 heavy (non-hydrogen) atoms. The predicted molar refractivity (Wildman–Crippen MR) is 134 cm³/mol. The molecule has 4 heterocycles. The molecular weight excluding hydrogens is 446 g/mol. The van der Waals surface area contributed by atoms with Gasteiger partial charge in [-0.1, -0.05) is 12.8 Å². The summed E-state index contributed by atoms with van der Waals surface area (Å²) in [6, 6.07) is 3.64. The van der Waals surface area contributed by atoms with Gasteiger partial charge < -0.3 is 15.0 Å². The van der Waals surface area contributed by atoms with E-state index in [0.717, 1.165) is 62.3 Å². The van der Waals surface area contributed by atoms with E-state index in [4.69, 9.17) is 0 Å². The number of nitrogens with zero attached hydrogens (tertiary/aromatic N) is 6. The minimum absolute atomic E-state index is 0.00114. The molecule has 184 valence electrons. The Balaban J connectivity index is 1.51. The molecule has 1 saturated heterocycles. The highest BCUT2D eigenvalue weighted by molar-refractivity contribution is 5.99. The van der Waals surface area contributed by atoms with Crippen LogP contribution in [0.15, 0.2) is 29.3 Å². The van der Waals surface area contributed by atoms with Crippen LogP contribution in [-0.2, 0) is 0 Å². The average molecular weight is 478 g/mol. The summed E-state index contributed by atoms with van der Waals surface area (Å²) in [7, 11) is 2.09. The number of ketones is 1. The lowest BCUT2D eigenvalue weighted by molar-refractivity contribution is -0.589. The zero-order chi connectivity index (χ0) is 24.7. The maximum absolute atomic E-state index is 13.4. The molecule has 0 spiro atoms. The third-order valence-corrected chi connectivity index (χ3v) is 7.26. The molecule has 3 aromatic rings. The number of carbonyl (C=O) groups is 1. The van der Waals surface area contributed by atoms with Crippen molar-refractivity contribution in [2.45, 2.75) is 45.6 Å². The van der Waals surface area contributed by atoms with E-state index >= 15 is 0 Å². The molecule has 10 nitrogen and oxygen atoms in total. The molecule has 0 amide bonds. The Labute approximate surface area is 203 Å². The number of piperazine rings is 1. The Bertz CT molecular complexity index is 1340. The number of pyridine rings is 2. The number of aromatic nitrogens is 4. The first-order valence-electron chi connectivity index (χ1n) is 12.2. The van der Waals surface area contributed by atoms with Gasteiger partial charge in [0.25, 0.3) is 11.4 Å². The van der Waals surface area contributed by atoms with Crippen LogP contribution in [0.2, 0.25) is 0 Å². The number of hydrogen-bond acceptors (Lipinski definition) is 8. The molecule has 1 N–H and O–H groups in total. The third kappa shape index (κ3) is 4.34. The number of rotatable bonds is 5. The van der Waals surface area contributed by atoms with Crippen LogP contribution < -0.4 is 20.5 Å². The summed E-state index contributed by atoms with van der Waals surface area (Å²) in [6.07, 6.45) is 7.01. The molecule has 0 radical (unpaired) electrons.